The second kappa shape index (κ2) is 9.90. The Morgan fingerprint density at radius 1 is 0.886 bits per heavy atom. The molecule has 0 unspecified atom stereocenters. The fourth-order valence-corrected chi connectivity index (χ4v) is 3.80. The Morgan fingerprint density at radius 2 is 1.63 bits per heavy atom. The summed E-state index contributed by atoms with van der Waals surface area (Å²) in [6, 6.07) is 18.6. The number of carbonyl (C=O) groups is 3. The Hall–Kier alpha value is -4.30. The zero-order valence-electron chi connectivity index (χ0n) is 19.2. The first-order chi connectivity index (χ1) is 16.8. The molecule has 1 heterocycles. The van der Waals surface area contributed by atoms with Gasteiger partial charge in [-0.2, -0.15) is 0 Å². The lowest BCUT2D eigenvalue weighted by Gasteiger charge is -2.18. The van der Waals surface area contributed by atoms with Gasteiger partial charge in [0.1, 0.15) is 22.2 Å². The second-order valence-electron chi connectivity index (χ2n) is 7.70. The molecule has 3 aromatic carbocycles. The van der Waals surface area contributed by atoms with Crippen LogP contribution in [0.25, 0.3) is 0 Å². The first-order valence-electron chi connectivity index (χ1n) is 10.6. The predicted octanol–water partition coefficient (Wildman–Crippen LogP) is 4.70. The van der Waals surface area contributed by atoms with E-state index in [-0.39, 0.29) is 16.6 Å². The van der Waals surface area contributed by atoms with Crippen LogP contribution in [0.4, 0.5) is 17.1 Å². The fourth-order valence-electron chi connectivity index (χ4n) is 3.59. The molecule has 178 valence electrons. The lowest BCUT2D eigenvalue weighted by molar-refractivity contribution is -0.120. The number of amides is 3. The fraction of sp³-hybridized carbons (Fsp3) is 0.115. The summed E-state index contributed by atoms with van der Waals surface area (Å²) in [7, 11) is 3.00. The molecule has 4 rings (SSSR count). The molecule has 0 spiro atoms. The molecule has 3 aromatic rings. The number of nitrogens with zero attached hydrogens (tertiary/aromatic N) is 1. The van der Waals surface area contributed by atoms with Gasteiger partial charge in [0.15, 0.2) is 0 Å². The van der Waals surface area contributed by atoms with Crippen molar-refractivity contribution in [2.75, 3.05) is 29.8 Å². The number of hydrogen-bond acceptors (Lipinski definition) is 6. The molecule has 0 atom stereocenters. The summed E-state index contributed by atoms with van der Waals surface area (Å²) < 4.78 is 10.5. The monoisotopic (exact) mass is 491 g/mol. The number of ether oxygens (including phenoxy) is 2. The van der Waals surface area contributed by atoms with E-state index in [1.807, 2.05) is 13.0 Å². The smallest absolute Gasteiger partial charge is 0.283 e. The van der Waals surface area contributed by atoms with E-state index in [9.17, 15) is 14.4 Å². The molecular weight excluding hydrogens is 470 g/mol. The van der Waals surface area contributed by atoms with Gasteiger partial charge in [-0.25, -0.2) is 4.90 Å². The maximum Gasteiger partial charge on any atom is 0.283 e. The number of rotatable bonds is 7. The Kier molecular flexibility index (Phi) is 6.75. The van der Waals surface area contributed by atoms with Gasteiger partial charge in [0.25, 0.3) is 17.7 Å². The normalized spacial score (nSPS) is 13.2. The number of nitrogens with one attached hydrogen (secondary N) is 2. The van der Waals surface area contributed by atoms with Crippen molar-refractivity contribution in [3.05, 3.63) is 88.6 Å². The number of aryl methyl sites for hydroxylation is 1. The molecule has 0 radical (unpaired) electrons. The van der Waals surface area contributed by atoms with Gasteiger partial charge in [-0.3, -0.25) is 14.4 Å². The van der Waals surface area contributed by atoms with E-state index >= 15 is 0 Å². The van der Waals surface area contributed by atoms with E-state index in [0.717, 1.165) is 10.5 Å². The minimum absolute atomic E-state index is 0.0921. The average Bonchev–Trinajstić information content (AvgIpc) is 3.07. The quantitative estimate of drug-likeness (QED) is 0.465. The van der Waals surface area contributed by atoms with Gasteiger partial charge in [-0.15, -0.1) is 0 Å². The molecule has 0 fully saturated rings. The summed E-state index contributed by atoms with van der Waals surface area (Å²) in [5, 5.41) is 5.43. The number of anilines is 3. The van der Waals surface area contributed by atoms with Crippen LogP contribution in [-0.2, 0) is 9.59 Å². The van der Waals surface area contributed by atoms with Crippen LogP contribution in [0.5, 0.6) is 11.5 Å². The predicted molar refractivity (Wildman–Crippen MR) is 134 cm³/mol. The van der Waals surface area contributed by atoms with E-state index < -0.39 is 11.8 Å². The number of methoxy groups -OCH3 is 2. The minimum Gasteiger partial charge on any atom is -0.497 e. The van der Waals surface area contributed by atoms with Crippen molar-refractivity contribution in [1.29, 1.82) is 0 Å². The van der Waals surface area contributed by atoms with Crippen LogP contribution >= 0.6 is 11.6 Å². The first-order valence-corrected chi connectivity index (χ1v) is 11.0. The largest absolute Gasteiger partial charge is 0.497 e. The highest BCUT2D eigenvalue weighted by Gasteiger charge is 2.40. The van der Waals surface area contributed by atoms with Gasteiger partial charge < -0.3 is 20.1 Å². The molecule has 1 aliphatic heterocycles. The van der Waals surface area contributed by atoms with Gasteiger partial charge >= 0.3 is 0 Å². The van der Waals surface area contributed by atoms with E-state index in [2.05, 4.69) is 10.6 Å². The third-order valence-corrected chi connectivity index (χ3v) is 5.67. The number of hydrogen-bond donors (Lipinski definition) is 2. The zero-order chi connectivity index (χ0) is 25.1. The van der Waals surface area contributed by atoms with Crippen molar-refractivity contribution in [3.8, 4) is 11.5 Å². The van der Waals surface area contributed by atoms with Crippen molar-refractivity contribution < 1.29 is 23.9 Å². The molecule has 0 saturated heterocycles. The van der Waals surface area contributed by atoms with Crippen LogP contribution in [-0.4, -0.2) is 31.9 Å². The molecule has 9 heteroatoms. The van der Waals surface area contributed by atoms with Gasteiger partial charge in [-0.05, 0) is 55.0 Å². The van der Waals surface area contributed by atoms with Crippen LogP contribution in [0.1, 0.15) is 15.9 Å². The van der Waals surface area contributed by atoms with Crippen LogP contribution in [0.2, 0.25) is 0 Å². The maximum atomic E-state index is 13.2. The standard InChI is InChI=1S/C26H22ClN3O5/c1-15-10-11-21(35-3)20(12-15)30-25(32)22(27)23(26(30)33)28-17-7-4-6-16(13-17)24(31)29-18-8-5-9-19(14-18)34-2/h4-14,28H,1-3H3,(H,29,31). The van der Waals surface area contributed by atoms with E-state index in [4.69, 9.17) is 21.1 Å². The van der Waals surface area contributed by atoms with Crippen molar-refractivity contribution in [3.63, 3.8) is 0 Å². The van der Waals surface area contributed by atoms with Crippen LogP contribution < -0.4 is 25.0 Å². The Bertz CT molecular complexity index is 1370. The zero-order valence-corrected chi connectivity index (χ0v) is 20.0. The van der Waals surface area contributed by atoms with E-state index in [0.29, 0.717) is 34.1 Å². The molecule has 3 amide bonds. The lowest BCUT2D eigenvalue weighted by atomic mass is 10.1. The number of carbonyl (C=O) groups excluding carboxylic acids is 3. The summed E-state index contributed by atoms with van der Waals surface area (Å²) >= 11 is 6.26. The summed E-state index contributed by atoms with van der Waals surface area (Å²) in [4.78, 5) is 39.8. The molecule has 2 N–H and O–H groups in total. The van der Waals surface area contributed by atoms with Crippen LogP contribution in [0, 0.1) is 6.92 Å². The van der Waals surface area contributed by atoms with E-state index in [1.165, 1.54) is 7.11 Å². The molecule has 0 aliphatic carbocycles. The lowest BCUT2D eigenvalue weighted by Crippen LogP contribution is -2.32. The van der Waals surface area contributed by atoms with Crippen molar-refractivity contribution in [2.24, 2.45) is 0 Å². The Labute approximate surface area is 207 Å². The van der Waals surface area contributed by atoms with Gasteiger partial charge in [-0.1, -0.05) is 29.8 Å². The number of benzene rings is 3. The van der Waals surface area contributed by atoms with Crippen LogP contribution in [0.3, 0.4) is 0 Å². The number of imide groups is 1. The third-order valence-electron chi connectivity index (χ3n) is 5.32. The van der Waals surface area contributed by atoms with Gasteiger partial charge in [0.2, 0.25) is 0 Å². The molecular formula is C26H22ClN3O5. The average molecular weight is 492 g/mol. The molecule has 0 aromatic heterocycles. The topological polar surface area (TPSA) is 97.0 Å². The Morgan fingerprint density at radius 3 is 2.37 bits per heavy atom. The maximum absolute atomic E-state index is 13.2. The molecule has 0 bridgehead atoms. The highest BCUT2D eigenvalue weighted by molar-refractivity contribution is 6.53. The highest BCUT2D eigenvalue weighted by atomic mass is 35.5. The Balaban J connectivity index is 1.56. The van der Waals surface area contributed by atoms with Crippen molar-refractivity contribution >= 4 is 46.4 Å². The van der Waals surface area contributed by atoms with Crippen molar-refractivity contribution in [1.82, 2.24) is 0 Å². The summed E-state index contributed by atoms with van der Waals surface area (Å²) in [6.45, 7) is 1.84. The van der Waals surface area contributed by atoms with Gasteiger partial charge in [0.05, 0.1) is 19.9 Å². The first kappa shape index (κ1) is 23.8. The summed E-state index contributed by atoms with van der Waals surface area (Å²) in [5.41, 5.74) is 2.36. The SMILES string of the molecule is COc1cccc(NC(=O)c2cccc(NC3=C(Cl)C(=O)N(c4cc(C)ccc4OC)C3=O)c2)c1. The van der Waals surface area contributed by atoms with Crippen molar-refractivity contribution in [2.45, 2.75) is 6.92 Å². The van der Waals surface area contributed by atoms with E-state index in [1.54, 1.807) is 67.8 Å². The molecule has 35 heavy (non-hydrogen) atoms. The highest BCUT2D eigenvalue weighted by Crippen LogP contribution is 2.36. The molecule has 1 aliphatic rings. The number of halogens is 1. The third kappa shape index (κ3) is 4.83. The molecule has 8 nitrogen and oxygen atoms in total. The molecule has 0 saturated carbocycles. The minimum atomic E-state index is -0.671. The second-order valence-corrected chi connectivity index (χ2v) is 8.08. The van der Waals surface area contributed by atoms with Gasteiger partial charge in [0, 0.05) is 23.0 Å². The summed E-state index contributed by atoms with van der Waals surface area (Å²) in [5.74, 6) is -0.690. The summed E-state index contributed by atoms with van der Waals surface area (Å²) in [6.07, 6.45) is 0. The van der Waals surface area contributed by atoms with Crippen LogP contribution in [0.15, 0.2) is 77.5 Å².